The number of nitrogens with zero attached hydrogens (tertiary/aromatic N) is 3. The SMILES string of the molecule is O=C([O-])C1=CCC2/C(=C\c3cc4n(n3)CSC4)C(=O)N12.[Na+]. The molecule has 4 heterocycles. The molecule has 0 saturated carbocycles. The van der Waals surface area contributed by atoms with Gasteiger partial charge in [-0.1, -0.05) is 6.08 Å². The molecule has 102 valence electrons. The molecule has 1 aromatic heterocycles. The Labute approximate surface area is 147 Å². The molecule has 1 aromatic rings. The van der Waals surface area contributed by atoms with Gasteiger partial charge in [-0.15, -0.1) is 11.8 Å². The van der Waals surface area contributed by atoms with Crippen LogP contribution in [0.4, 0.5) is 0 Å². The van der Waals surface area contributed by atoms with E-state index in [2.05, 4.69) is 5.10 Å². The fourth-order valence-corrected chi connectivity index (χ4v) is 3.77. The third kappa shape index (κ3) is 2.19. The van der Waals surface area contributed by atoms with E-state index in [9.17, 15) is 14.7 Å². The number of aromatic nitrogens is 2. The molecule has 0 N–H and O–H groups in total. The number of carbonyl (C=O) groups is 2. The van der Waals surface area contributed by atoms with Crippen LogP contribution in [0.15, 0.2) is 23.4 Å². The van der Waals surface area contributed by atoms with Crippen molar-refractivity contribution in [2.75, 3.05) is 0 Å². The van der Waals surface area contributed by atoms with Crippen molar-refractivity contribution < 1.29 is 44.3 Å². The standard InChI is InChI=1S/C13H11N3O3S.Na/c17-12-9(10-1-2-11(13(18)19)16(10)12)4-7-3-8-5-20-6-15(8)14-7;/h2-4,10H,1,5-6H2,(H,18,19);/q;+1/p-1/b9-4+;. The molecule has 8 heteroatoms. The van der Waals surface area contributed by atoms with E-state index in [1.807, 2.05) is 10.7 Å². The van der Waals surface area contributed by atoms with Crippen LogP contribution in [0.3, 0.4) is 0 Å². The first-order valence-electron chi connectivity index (χ1n) is 6.26. The summed E-state index contributed by atoms with van der Waals surface area (Å²) in [5.74, 6) is 0.234. The van der Waals surface area contributed by atoms with Crippen LogP contribution in [-0.4, -0.2) is 32.6 Å². The molecule has 1 unspecified atom stereocenters. The molecule has 4 rings (SSSR count). The van der Waals surface area contributed by atoms with Crippen LogP contribution < -0.4 is 34.7 Å². The van der Waals surface area contributed by atoms with Crippen molar-refractivity contribution in [3.63, 3.8) is 0 Å². The van der Waals surface area contributed by atoms with Crippen LogP contribution in [0.1, 0.15) is 17.8 Å². The van der Waals surface area contributed by atoms with E-state index in [1.165, 1.54) is 4.90 Å². The normalized spacial score (nSPS) is 24.3. The third-order valence-electron chi connectivity index (χ3n) is 3.79. The molecule has 1 fully saturated rings. The Kier molecular flexibility index (Phi) is 3.77. The maximum atomic E-state index is 12.0. The second-order valence-electron chi connectivity index (χ2n) is 4.94. The number of hydrogen-bond donors (Lipinski definition) is 0. The fraction of sp³-hybridized carbons (Fsp3) is 0.308. The number of β-lactam (4-membered cyclic amide) rings is 1. The van der Waals surface area contributed by atoms with Crippen molar-refractivity contribution in [3.8, 4) is 0 Å². The van der Waals surface area contributed by atoms with Crippen molar-refractivity contribution in [3.05, 3.63) is 34.8 Å². The molecule has 0 aromatic carbocycles. The molecule has 1 amide bonds. The number of carboxylic acid groups (broad SMARTS) is 1. The monoisotopic (exact) mass is 311 g/mol. The van der Waals surface area contributed by atoms with E-state index in [0.29, 0.717) is 12.0 Å². The molecule has 0 radical (unpaired) electrons. The first-order valence-corrected chi connectivity index (χ1v) is 7.42. The number of carbonyl (C=O) groups excluding carboxylic acids is 2. The van der Waals surface area contributed by atoms with Gasteiger partial charge in [0.1, 0.15) is 0 Å². The van der Waals surface area contributed by atoms with Crippen LogP contribution in [0.2, 0.25) is 0 Å². The van der Waals surface area contributed by atoms with E-state index in [0.717, 1.165) is 23.0 Å². The number of amides is 1. The van der Waals surface area contributed by atoms with Gasteiger partial charge >= 0.3 is 29.6 Å². The molecule has 6 nitrogen and oxygen atoms in total. The van der Waals surface area contributed by atoms with Crippen molar-refractivity contribution in [2.45, 2.75) is 24.1 Å². The van der Waals surface area contributed by atoms with Gasteiger partial charge < -0.3 is 9.90 Å². The number of carboxylic acids is 1. The maximum Gasteiger partial charge on any atom is 1.00 e. The van der Waals surface area contributed by atoms with Gasteiger partial charge in [-0.3, -0.25) is 14.4 Å². The van der Waals surface area contributed by atoms with Crippen LogP contribution in [-0.2, 0) is 21.2 Å². The van der Waals surface area contributed by atoms with E-state index < -0.39 is 5.97 Å². The first kappa shape index (κ1) is 14.9. The summed E-state index contributed by atoms with van der Waals surface area (Å²) in [5, 5.41) is 15.3. The molecule has 0 bridgehead atoms. The largest absolute Gasteiger partial charge is 1.00 e. The predicted molar refractivity (Wildman–Crippen MR) is 69.8 cm³/mol. The molecule has 0 aliphatic carbocycles. The second-order valence-corrected chi connectivity index (χ2v) is 5.90. The molecular formula is C13H10N3NaO3S. The maximum absolute atomic E-state index is 12.0. The number of rotatable bonds is 2. The minimum absolute atomic E-state index is 0. The predicted octanol–water partition coefficient (Wildman–Crippen LogP) is -3.28. The molecule has 1 atom stereocenters. The van der Waals surface area contributed by atoms with Gasteiger partial charge in [0.05, 0.1) is 29.3 Å². The van der Waals surface area contributed by atoms with Gasteiger partial charge in [0.15, 0.2) is 0 Å². The van der Waals surface area contributed by atoms with Crippen molar-refractivity contribution >= 4 is 29.7 Å². The Morgan fingerprint density at radius 2 is 2.33 bits per heavy atom. The molecule has 3 aliphatic heterocycles. The quantitative estimate of drug-likeness (QED) is 0.325. The van der Waals surface area contributed by atoms with Gasteiger partial charge in [0, 0.05) is 17.0 Å². The molecule has 3 aliphatic rings. The summed E-state index contributed by atoms with van der Waals surface area (Å²) < 4.78 is 1.93. The minimum Gasteiger partial charge on any atom is -0.543 e. The van der Waals surface area contributed by atoms with Gasteiger partial charge in [-0.05, 0) is 18.6 Å². The Hall–Kier alpha value is -1.02. The zero-order chi connectivity index (χ0) is 13.9. The van der Waals surface area contributed by atoms with Gasteiger partial charge in [0.2, 0.25) is 0 Å². The fourth-order valence-electron chi connectivity index (χ4n) is 2.84. The van der Waals surface area contributed by atoms with Crippen LogP contribution in [0.5, 0.6) is 0 Å². The van der Waals surface area contributed by atoms with Gasteiger partial charge in [-0.25, -0.2) is 0 Å². The van der Waals surface area contributed by atoms with Gasteiger partial charge in [-0.2, -0.15) is 5.10 Å². The zero-order valence-corrected chi connectivity index (χ0v) is 14.2. The summed E-state index contributed by atoms with van der Waals surface area (Å²) in [5.41, 5.74) is 2.54. The van der Waals surface area contributed by atoms with Crippen molar-refractivity contribution in [1.29, 1.82) is 0 Å². The first-order chi connectivity index (χ1) is 9.65. The van der Waals surface area contributed by atoms with E-state index in [4.69, 9.17) is 0 Å². The Morgan fingerprint density at radius 3 is 3.05 bits per heavy atom. The number of hydrogen-bond acceptors (Lipinski definition) is 5. The molecule has 1 saturated heterocycles. The topological polar surface area (TPSA) is 78.3 Å². The summed E-state index contributed by atoms with van der Waals surface area (Å²) in [6.07, 6.45) is 3.85. The third-order valence-corrected chi connectivity index (χ3v) is 4.72. The van der Waals surface area contributed by atoms with E-state index in [-0.39, 0.29) is 47.2 Å². The number of aliphatic carboxylic acids is 1. The van der Waals surface area contributed by atoms with Gasteiger partial charge in [0.25, 0.3) is 5.91 Å². The molecule has 0 spiro atoms. The molecular weight excluding hydrogens is 301 g/mol. The van der Waals surface area contributed by atoms with Crippen molar-refractivity contribution in [1.82, 2.24) is 14.7 Å². The number of thioether (sulfide) groups is 1. The smallest absolute Gasteiger partial charge is 0.543 e. The average molecular weight is 311 g/mol. The minimum atomic E-state index is -1.29. The van der Waals surface area contributed by atoms with E-state index in [1.54, 1.807) is 23.9 Å². The molecule has 21 heavy (non-hydrogen) atoms. The van der Waals surface area contributed by atoms with E-state index >= 15 is 0 Å². The summed E-state index contributed by atoms with van der Waals surface area (Å²) in [7, 11) is 0. The van der Waals surface area contributed by atoms with Crippen LogP contribution in [0, 0.1) is 0 Å². The zero-order valence-electron chi connectivity index (χ0n) is 11.4. The summed E-state index contributed by atoms with van der Waals surface area (Å²) in [4.78, 5) is 24.2. The number of fused-ring (bicyclic) bond motifs is 2. The van der Waals surface area contributed by atoms with Crippen LogP contribution in [0.25, 0.3) is 6.08 Å². The Morgan fingerprint density at radius 1 is 1.52 bits per heavy atom. The second kappa shape index (κ2) is 5.31. The summed E-state index contributed by atoms with van der Waals surface area (Å²) in [6, 6.07) is 1.81. The Balaban J connectivity index is 0.00000132. The average Bonchev–Trinajstić information content (AvgIpc) is 3.07. The van der Waals surface area contributed by atoms with Crippen molar-refractivity contribution in [2.24, 2.45) is 0 Å². The summed E-state index contributed by atoms with van der Waals surface area (Å²) in [6.45, 7) is 0. The Bertz CT molecular complexity index is 688. The summed E-state index contributed by atoms with van der Waals surface area (Å²) >= 11 is 1.80. The van der Waals surface area contributed by atoms with Crippen LogP contribution >= 0.6 is 11.8 Å².